The molecule has 9 heteroatoms. The number of hydrogen-bond donors (Lipinski definition) is 2. The Balaban J connectivity index is 1.43. The Morgan fingerprint density at radius 3 is 3.06 bits per heavy atom. The molecule has 31 heavy (non-hydrogen) atoms. The number of aryl methyl sites for hydroxylation is 1. The zero-order valence-corrected chi connectivity index (χ0v) is 17.1. The number of aromatic nitrogens is 2. The van der Waals surface area contributed by atoms with Crippen LogP contribution in [0.5, 0.6) is 0 Å². The van der Waals surface area contributed by atoms with E-state index < -0.39 is 17.9 Å². The van der Waals surface area contributed by atoms with Crippen LogP contribution < -0.4 is 16.4 Å². The number of fused-ring (bicyclic) bond motifs is 1. The van der Waals surface area contributed by atoms with E-state index in [1.807, 2.05) is 24.3 Å². The Hall–Kier alpha value is -3.48. The number of pyridine rings is 1. The molecule has 160 valence electrons. The maximum Gasteiger partial charge on any atom is 0.419 e. The lowest BCUT2D eigenvalue weighted by molar-refractivity contribution is -0.132. The standard InChI is InChI=1S/C22H23N5O4/c1-27-18-10-15(4-6-19(18)31-22(27)29)17-5-3-14(12-25-17)9-16(11-23)26-21(28)20-13-24-7-2-8-30-20/h3-6,10,12,16,20,24H,2,7-9,13H2,1H3,(H,26,28). The van der Waals surface area contributed by atoms with Crippen molar-refractivity contribution in [3.8, 4) is 17.3 Å². The zero-order chi connectivity index (χ0) is 21.8. The van der Waals surface area contributed by atoms with Gasteiger partial charge in [-0.1, -0.05) is 6.07 Å². The molecule has 0 bridgehead atoms. The topological polar surface area (TPSA) is 122 Å². The van der Waals surface area contributed by atoms with Gasteiger partial charge in [0.1, 0.15) is 12.1 Å². The Labute approximate surface area is 178 Å². The van der Waals surface area contributed by atoms with Crippen molar-refractivity contribution in [1.82, 2.24) is 20.2 Å². The van der Waals surface area contributed by atoms with Crippen LogP contribution in [0.3, 0.4) is 0 Å². The average molecular weight is 421 g/mol. The lowest BCUT2D eigenvalue weighted by Crippen LogP contribution is -2.46. The highest BCUT2D eigenvalue weighted by atomic mass is 16.5. The molecule has 1 fully saturated rings. The van der Waals surface area contributed by atoms with Crippen LogP contribution in [0.15, 0.2) is 45.7 Å². The summed E-state index contributed by atoms with van der Waals surface area (Å²) in [5.41, 5.74) is 3.62. The number of nitrogens with one attached hydrogen (secondary N) is 2. The number of nitriles is 1. The molecule has 0 aliphatic carbocycles. The second-order valence-electron chi connectivity index (χ2n) is 7.47. The monoisotopic (exact) mass is 421 g/mol. The number of carbonyl (C=O) groups excluding carboxylic acids is 1. The van der Waals surface area contributed by atoms with Gasteiger partial charge in [0.2, 0.25) is 0 Å². The molecule has 1 aromatic carbocycles. The van der Waals surface area contributed by atoms with E-state index in [-0.39, 0.29) is 5.91 Å². The zero-order valence-electron chi connectivity index (χ0n) is 17.1. The highest BCUT2D eigenvalue weighted by Gasteiger charge is 2.23. The van der Waals surface area contributed by atoms with Gasteiger partial charge in [-0.2, -0.15) is 5.26 Å². The highest BCUT2D eigenvalue weighted by molar-refractivity contribution is 5.82. The smallest absolute Gasteiger partial charge is 0.408 e. The SMILES string of the molecule is Cn1c(=O)oc2ccc(-c3ccc(CC(C#N)NC(=O)C4CNCCCO4)cn3)cc21. The summed E-state index contributed by atoms with van der Waals surface area (Å²) in [6.07, 6.45) is 2.29. The Morgan fingerprint density at radius 1 is 1.42 bits per heavy atom. The average Bonchev–Trinajstić information content (AvgIpc) is 2.96. The first-order valence-corrected chi connectivity index (χ1v) is 10.1. The molecule has 2 N–H and O–H groups in total. The molecule has 4 rings (SSSR count). The minimum Gasteiger partial charge on any atom is -0.408 e. The van der Waals surface area contributed by atoms with Crippen LogP contribution in [-0.2, 0) is 23.0 Å². The summed E-state index contributed by atoms with van der Waals surface area (Å²) in [6, 6.07) is 10.6. The summed E-state index contributed by atoms with van der Waals surface area (Å²) in [5, 5.41) is 15.4. The fraction of sp³-hybridized carbons (Fsp3) is 0.364. The molecular weight excluding hydrogens is 398 g/mol. The number of nitrogens with zero attached hydrogens (tertiary/aromatic N) is 3. The van der Waals surface area contributed by atoms with Gasteiger partial charge in [-0.05, 0) is 42.8 Å². The van der Waals surface area contributed by atoms with Crippen LogP contribution >= 0.6 is 0 Å². The second kappa shape index (κ2) is 9.12. The molecule has 1 amide bonds. The van der Waals surface area contributed by atoms with Crippen LogP contribution in [0.25, 0.3) is 22.4 Å². The minimum atomic E-state index is -0.677. The van der Waals surface area contributed by atoms with Crippen molar-refractivity contribution in [3.05, 3.63) is 52.6 Å². The van der Waals surface area contributed by atoms with Gasteiger partial charge in [-0.3, -0.25) is 14.3 Å². The number of oxazole rings is 1. The number of hydrogen-bond acceptors (Lipinski definition) is 7. The lowest BCUT2D eigenvalue weighted by atomic mass is 10.1. The van der Waals surface area contributed by atoms with Crippen LogP contribution in [-0.4, -0.2) is 47.3 Å². The van der Waals surface area contributed by atoms with Crippen LogP contribution in [0.2, 0.25) is 0 Å². The van der Waals surface area contributed by atoms with Crippen molar-refractivity contribution in [2.24, 2.45) is 7.05 Å². The largest absolute Gasteiger partial charge is 0.419 e. The fourth-order valence-electron chi connectivity index (χ4n) is 3.51. The summed E-state index contributed by atoms with van der Waals surface area (Å²) in [5.74, 6) is -0.699. The van der Waals surface area contributed by atoms with Crippen molar-refractivity contribution >= 4 is 17.0 Å². The Bertz CT molecular complexity index is 1170. The highest BCUT2D eigenvalue weighted by Crippen LogP contribution is 2.22. The van der Waals surface area contributed by atoms with E-state index in [1.54, 1.807) is 19.3 Å². The van der Waals surface area contributed by atoms with Crippen molar-refractivity contribution < 1.29 is 13.9 Å². The molecule has 2 atom stereocenters. The van der Waals surface area contributed by atoms with E-state index >= 15 is 0 Å². The summed E-state index contributed by atoms with van der Waals surface area (Å²) >= 11 is 0. The van der Waals surface area contributed by atoms with Gasteiger partial charge in [0.15, 0.2) is 5.58 Å². The Kier molecular flexibility index (Phi) is 6.11. The Morgan fingerprint density at radius 2 is 2.29 bits per heavy atom. The van der Waals surface area contributed by atoms with E-state index in [2.05, 4.69) is 21.7 Å². The van der Waals surface area contributed by atoms with Crippen LogP contribution in [0.4, 0.5) is 0 Å². The number of rotatable bonds is 5. The summed E-state index contributed by atoms with van der Waals surface area (Å²) in [7, 11) is 1.65. The molecule has 1 aliphatic rings. The first-order valence-electron chi connectivity index (χ1n) is 10.1. The normalized spacial score (nSPS) is 17.6. The minimum absolute atomic E-state index is 0.287. The van der Waals surface area contributed by atoms with Crippen molar-refractivity contribution in [2.45, 2.75) is 25.0 Å². The van der Waals surface area contributed by atoms with E-state index in [0.717, 1.165) is 29.8 Å². The molecule has 9 nitrogen and oxygen atoms in total. The predicted octanol–water partition coefficient (Wildman–Crippen LogP) is 1.12. The second-order valence-corrected chi connectivity index (χ2v) is 7.47. The van der Waals surface area contributed by atoms with Gasteiger partial charge >= 0.3 is 5.76 Å². The summed E-state index contributed by atoms with van der Waals surface area (Å²) in [6.45, 7) is 1.77. The molecular formula is C22H23N5O4. The molecule has 2 aromatic heterocycles. The van der Waals surface area contributed by atoms with Gasteiger partial charge in [0.05, 0.1) is 17.3 Å². The molecule has 3 heterocycles. The van der Waals surface area contributed by atoms with Gasteiger partial charge in [0, 0.05) is 38.4 Å². The number of ether oxygens (including phenoxy) is 1. The summed E-state index contributed by atoms with van der Waals surface area (Å²) in [4.78, 5) is 28.6. The fourth-order valence-corrected chi connectivity index (χ4v) is 3.51. The van der Waals surface area contributed by atoms with Crippen molar-refractivity contribution in [3.63, 3.8) is 0 Å². The van der Waals surface area contributed by atoms with E-state index in [4.69, 9.17) is 9.15 Å². The number of carbonyl (C=O) groups is 1. The van der Waals surface area contributed by atoms with E-state index in [0.29, 0.717) is 30.7 Å². The molecule has 3 aromatic rings. The van der Waals surface area contributed by atoms with Gasteiger partial charge in [0.25, 0.3) is 5.91 Å². The third-order valence-corrected chi connectivity index (χ3v) is 5.26. The first-order chi connectivity index (χ1) is 15.0. The van der Waals surface area contributed by atoms with Crippen LogP contribution in [0.1, 0.15) is 12.0 Å². The maximum absolute atomic E-state index is 12.4. The van der Waals surface area contributed by atoms with E-state index in [1.165, 1.54) is 4.57 Å². The molecule has 0 radical (unpaired) electrons. The summed E-state index contributed by atoms with van der Waals surface area (Å²) < 4.78 is 12.1. The third-order valence-electron chi connectivity index (χ3n) is 5.26. The van der Waals surface area contributed by atoms with Crippen molar-refractivity contribution in [2.75, 3.05) is 19.7 Å². The molecule has 1 saturated heterocycles. The van der Waals surface area contributed by atoms with Gasteiger partial charge in [-0.15, -0.1) is 0 Å². The molecule has 1 aliphatic heterocycles. The number of benzene rings is 1. The maximum atomic E-state index is 12.4. The van der Waals surface area contributed by atoms with E-state index in [9.17, 15) is 14.9 Å². The number of amides is 1. The first kappa shape index (κ1) is 20.8. The van der Waals surface area contributed by atoms with Gasteiger partial charge in [-0.25, -0.2) is 4.79 Å². The quantitative estimate of drug-likeness (QED) is 0.633. The van der Waals surface area contributed by atoms with Crippen LogP contribution in [0, 0.1) is 11.3 Å². The predicted molar refractivity (Wildman–Crippen MR) is 113 cm³/mol. The molecule has 0 saturated carbocycles. The third kappa shape index (κ3) is 4.66. The molecule has 2 unspecified atom stereocenters. The lowest BCUT2D eigenvalue weighted by Gasteiger charge is -2.18. The van der Waals surface area contributed by atoms with Crippen molar-refractivity contribution in [1.29, 1.82) is 5.26 Å². The molecule has 0 spiro atoms. The van der Waals surface area contributed by atoms with Gasteiger partial charge < -0.3 is 19.8 Å².